The first kappa shape index (κ1) is 13.1. The van der Waals surface area contributed by atoms with Crippen LogP contribution in [0.15, 0.2) is 0 Å². The van der Waals surface area contributed by atoms with Gasteiger partial charge in [0, 0.05) is 0 Å². The van der Waals surface area contributed by atoms with Crippen LogP contribution in [0.1, 0.15) is 67.2 Å². The predicted octanol–water partition coefficient (Wildman–Crippen LogP) is 5.13. The normalized spacial score (nSPS) is 37.0. The number of hydrogen-bond donors (Lipinski definition) is 0. The highest BCUT2D eigenvalue weighted by molar-refractivity contribution is 5.03. The van der Waals surface area contributed by atoms with Gasteiger partial charge in [0.25, 0.3) is 0 Å². The van der Waals surface area contributed by atoms with E-state index in [0.717, 1.165) is 23.7 Å². The van der Waals surface area contributed by atoms with Gasteiger partial charge >= 0.3 is 0 Å². The molecule has 3 aliphatic rings. The maximum atomic E-state index is 2.51. The van der Waals surface area contributed by atoms with Crippen molar-refractivity contribution in [2.45, 2.75) is 67.2 Å². The number of rotatable bonds is 3. The van der Waals surface area contributed by atoms with E-state index >= 15 is 0 Å². The molecule has 3 atom stereocenters. The van der Waals surface area contributed by atoms with Crippen LogP contribution in [0.3, 0.4) is 0 Å². The second-order valence-electron chi connectivity index (χ2n) is 6.67. The van der Waals surface area contributed by atoms with Crippen LogP contribution < -0.4 is 0 Å². The van der Waals surface area contributed by atoms with Crippen molar-refractivity contribution in [3.05, 3.63) is 0 Å². The van der Waals surface area contributed by atoms with E-state index in [1.807, 2.05) is 0 Å². The van der Waals surface area contributed by atoms with Crippen molar-refractivity contribution >= 4 is 0 Å². The van der Waals surface area contributed by atoms with Crippen LogP contribution in [0.2, 0.25) is 0 Å². The van der Waals surface area contributed by atoms with Gasteiger partial charge in [-0.25, -0.2) is 0 Å². The summed E-state index contributed by atoms with van der Waals surface area (Å²) in [5.41, 5.74) is 0.694. The molecule has 3 saturated carbocycles. The Hall–Kier alpha value is 0. The molecule has 0 heterocycles. The van der Waals surface area contributed by atoms with Crippen molar-refractivity contribution in [1.82, 2.24) is 0 Å². The third-order valence-electron chi connectivity index (χ3n) is 5.12. The summed E-state index contributed by atoms with van der Waals surface area (Å²) in [5.74, 6) is 4.11. The SMILES string of the molecule is C.CC(C)CC[C@@H]1CC[C@H]2C[C@@H]1C2(C)C. The third kappa shape index (κ3) is 2.24. The summed E-state index contributed by atoms with van der Waals surface area (Å²) in [7, 11) is 0. The lowest BCUT2D eigenvalue weighted by molar-refractivity contribution is -0.107. The van der Waals surface area contributed by atoms with E-state index in [4.69, 9.17) is 0 Å². The molecule has 0 aromatic carbocycles. The highest BCUT2D eigenvalue weighted by Crippen LogP contribution is 2.62. The Morgan fingerprint density at radius 2 is 1.87 bits per heavy atom. The minimum absolute atomic E-state index is 0. The molecule has 90 valence electrons. The Bertz CT molecular complexity index is 200. The Morgan fingerprint density at radius 3 is 2.33 bits per heavy atom. The van der Waals surface area contributed by atoms with Crippen molar-refractivity contribution in [3.63, 3.8) is 0 Å². The van der Waals surface area contributed by atoms with Crippen molar-refractivity contribution in [2.24, 2.45) is 29.1 Å². The minimum atomic E-state index is 0. The van der Waals surface area contributed by atoms with Gasteiger partial charge in [0.2, 0.25) is 0 Å². The molecule has 3 fully saturated rings. The maximum Gasteiger partial charge on any atom is -0.0295 e. The van der Waals surface area contributed by atoms with Gasteiger partial charge in [-0.05, 0) is 54.8 Å². The first-order chi connectivity index (χ1) is 6.51. The summed E-state index contributed by atoms with van der Waals surface area (Å²) in [5, 5.41) is 0. The standard InChI is InChI=1S/C14H26.CH4/c1-10(2)5-6-11-7-8-12-9-13(11)14(12,3)4;/h10-13H,5-9H2,1-4H3;1H4/t11-,12+,13+;/m1./s1. The molecule has 0 heteroatoms. The predicted molar refractivity (Wildman–Crippen MR) is 68.9 cm³/mol. The lowest BCUT2D eigenvalue weighted by atomic mass is 9.45. The van der Waals surface area contributed by atoms with E-state index in [9.17, 15) is 0 Å². The van der Waals surface area contributed by atoms with Crippen molar-refractivity contribution in [2.75, 3.05) is 0 Å². The van der Waals surface area contributed by atoms with E-state index in [-0.39, 0.29) is 7.43 Å². The summed E-state index contributed by atoms with van der Waals surface area (Å²) in [6, 6.07) is 0. The first-order valence-electron chi connectivity index (χ1n) is 6.51. The second kappa shape index (κ2) is 4.47. The lowest BCUT2D eigenvalue weighted by Crippen LogP contribution is -2.52. The largest absolute Gasteiger partial charge is 0.0776 e. The molecule has 0 nitrogen and oxygen atoms in total. The zero-order chi connectivity index (χ0) is 10.3. The highest BCUT2D eigenvalue weighted by Gasteiger charge is 2.53. The van der Waals surface area contributed by atoms with Gasteiger partial charge in [0.05, 0.1) is 0 Å². The van der Waals surface area contributed by atoms with E-state index in [1.165, 1.54) is 25.7 Å². The van der Waals surface area contributed by atoms with Crippen LogP contribution in [0.5, 0.6) is 0 Å². The van der Waals surface area contributed by atoms with Gasteiger partial charge < -0.3 is 0 Å². The molecule has 0 saturated heterocycles. The zero-order valence-electron chi connectivity index (χ0n) is 10.3. The van der Waals surface area contributed by atoms with E-state index in [1.54, 1.807) is 6.42 Å². The third-order valence-corrected chi connectivity index (χ3v) is 5.12. The summed E-state index contributed by atoms with van der Waals surface area (Å²) in [6.07, 6.45) is 7.55. The van der Waals surface area contributed by atoms with E-state index in [0.29, 0.717) is 5.41 Å². The highest BCUT2D eigenvalue weighted by atomic mass is 14.6. The molecule has 0 aromatic rings. The second-order valence-corrected chi connectivity index (χ2v) is 6.67. The molecule has 0 aliphatic heterocycles. The quantitative estimate of drug-likeness (QED) is 0.605. The van der Waals surface area contributed by atoms with Crippen molar-refractivity contribution in [3.8, 4) is 0 Å². The molecule has 0 N–H and O–H groups in total. The van der Waals surface area contributed by atoms with Crippen molar-refractivity contribution < 1.29 is 0 Å². The van der Waals surface area contributed by atoms with Crippen LogP contribution in [-0.4, -0.2) is 0 Å². The number of hydrogen-bond acceptors (Lipinski definition) is 0. The number of fused-ring (bicyclic) bond motifs is 2. The molecule has 0 aromatic heterocycles. The minimum Gasteiger partial charge on any atom is -0.0776 e. The topological polar surface area (TPSA) is 0 Å². The Balaban J connectivity index is 0.00000112. The Morgan fingerprint density at radius 1 is 1.20 bits per heavy atom. The average Bonchev–Trinajstić information content (AvgIpc) is 2.14. The molecular formula is C15H30. The lowest BCUT2D eigenvalue weighted by Gasteiger charge is -2.60. The van der Waals surface area contributed by atoms with Gasteiger partial charge in [-0.2, -0.15) is 0 Å². The zero-order valence-corrected chi connectivity index (χ0v) is 10.3. The van der Waals surface area contributed by atoms with Crippen LogP contribution in [-0.2, 0) is 0 Å². The molecule has 2 bridgehead atoms. The van der Waals surface area contributed by atoms with Gasteiger partial charge in [-0.15, -0.1) is 0 Å². The van der Waals surface area contributed by atoms with Gasteiger partial charge in [-0.3, -0.25) is 0 Å². The van der Waals surface area contributed by atoms with Crippen LogP contribution >= 0.6 is 0 Å². The monoisotopic (exact) mass is 210 g/mol. The molecule has 0 spiro atoms. The Kier molecular flexibility index (Phi) is 3.90. The fraction of sp³-hybridized carbons (Fsp3) is 1.00. The van der Waals surface area contributed by atoms with Crippen molar-refractivity contribution in [1.29, 1.82) is 0 Å². The maximum absolute atomic E-state index is 2.51. The molecule has 15 heavy (non-hydrogen) atoms. The van der Waals surface area contributed by atoms with E-state index < -0.39 is 0 Å². The molecule has 0 unspecified atom stereocenters. The van der Waals surface area contributed by atoms with Gasteiger partial charge in [0.1, 0.15) is 0 Å². The van der Waals surface area contributed by atoms with Crippen LogP contribution in [0.4, 0.5) is 0 Å². The summed E-state index contributed by atoms with van der Waals surface area (Å²) < 4.78 is 0. The Labute approximate surface area is 96.8 Å². The van der Waals surface area contributed by atoms with Gasteiger partial charge in [0.15, 0.2) is 0 Å². The molecule has 0 amide bonds. The fourth-order valence-corrected chi connectivity index (χ4v) is 3.86. The molecule has 3 aliphatic carbocycles. The molecular weight excluding hydrogens is 180 g/mol. The summed E-state index contributed by atoms with van der Waals surface area (Å²) >= 11 is 0. The van der Waals surface area contributed by atoms with Crippen LogP contribution in [0.25, 0.3) is 0 Å². The first-order valence-corrected chi connectivity index (χ1v) is 6.51. The van der Waals surface area contributed by atoms with Crippen LogP contribution in [0, 0.1) is 29.1 Å². The summed E-state index contributed by atoms with van der Waals surface area (Å²) in [4.78, 5) is 0. The average molecular weight is 210 g/mol. The summed E-state index contributed by atoms with van der Waals surface area (Å²) in [6.45, 7) is 9.73. The van der Waals surface area contributed by atoms with Gasteiger partial charge in [-0.1, -0.05) is 41.5 Å². The van der Waals surface area contributed by atoms with E-state index in [2.05, 4.69) is 27.7 Å². The fourth-order valence-electron chi connectivity index (χ4n) is 3.86. The molecule has 0 radical (unpaired) electrons. The molecule has 3 rings (SSSR count). The smallest absolute Gasteiger partial charge is 0.0295 e.